The summed E-state index contributed by atoms with van der Waals surface area (Å²) in [7, 11) is 1.61. The monoisotopic (exact) mass is 310 g/mol. The fraction of sp³-hybridized carbons (Fsp3) is 0.562. The molecule has 1 fully saturated rings. The molecule has 116 valence electrons. The minimum atomic E-state index is 0.169. The van der Waals surface area contributed by atoms with Gasteiger partial charge in [-0.3, -0.25) is 4.79 Å². The second-order valence-electron chi connectivity index (χ2n) is 5.69. The number of halogens is 1. The number of hydrogen-bond acceptors (Lipinski definition) is 3. The van der Waals surface area contributed by atoms with Crippen LogP contribution in [0, 0.1) is 5.92 Å². The van der Waals surface area contributed by atoms with Crippen LogP contribution in [-0.2, 0) is 11.3 Å². The second kappa shape index (κ2) is 7.14. The van der Waals surface area contributed by atoms with Crippen molar-refractivity contribution >= 4 is 17.5 Å². The Bertz CT molecular complexity index is 507. The SMILES string of the molecule is COc1ccc(CN[C@H]2CCN(C(C)=O)C[C@H]2C)cc1Cl. The average molecular weight is 311 g/mol. The van der Waals surface area contributed by atoms with E-state index < -0.39 is 0 Å². The fourth-order valence-electron chi connectivity index (χ4n) is 2.80. The maximum Gasteiger partial charge on any atom is 0.219 e. The third-order valence-electron chi connectivity index (χ3n) is 4.14. The van der Waals surface area contributed by atoms with Crippen molar-refractivity contribution in [2.24, 2.45) is 5.92 Å². The van der Waals surface area contributed by atoms with Crippen molar-refractivity contribution in [3.63, 3.8) is 0 Å². The fourth-order valence-corrected chi connectivity index (χ4v) is 3.08. The molecule has 1 aliphatic heterocycles. The Hall–Kier alpha value is -1.26. The van der Waals surface area contributed by atoms with Crippen molar-refractivity contribution in [3.8, 4) is 5.75 Å². The number of hydrogen-bond donors (Lipinski definition) is 1. The van der Waals surface area contributed by atoms with Crippen molar-refractivity contribution in [3.05, 3.63) is 28.8 Å². The van der Waals surface area contributed by atoms with Gasteiger partial charge >= 0.3 is 0 Å². The summed E-state index contributed by atoms with van der Waals surface area (Å²) in [6, 6.07) is 6.28. The number of piperidine rings is 1. The van der Waals surface area contributed by atoms with E-state index in [1.54, 1.807) is 14.0 Å². The standard InChI is InChI=1S/C16H23ClN2O2/c1-11-10-19(12(2)20)7-6-15(11)18-9-13-4-5-16(21-3)14(17)8-13/h4-5,8,11,15,18H,6-7,9-10H2,1-3H3/t11-,15+/m1/s1. The van der Waals surface area contributed by atoms with Gasteiger partial charge in [-0.25, -0.2) is 0 Å². The number of ether oxygens (including phenoxy) is 1. The van der Waals surface area contributed by atoms with Crippen LogP contribution >= 0.6 is 11.6 Å². The molecule has 4 nitrogen and oxygen atoms in total. The maximum atomic E-state index is 11.4. The highest BCUT2D eigenvalue weighted by atomic mass is 35.5. The molecule has 1 aromatic carbocycles. The molecule has 1 N–H and O–H groups in total. The first-order valence-electron chi connectivity index (χ1n) is 7.32. The van der Waals surface area contributed by atoms with E-state index in [0.717, 1.165) is 31.6 Å². The Balaban J connectivity index is 1.89. The van der Waals surface area contributed by atoms with E-state index in [-0.39, 0.29) is 5.91 Å². The Morgan fingerprint density at radius 1 is 1.52 bits per heavy atom. The van der Waals surface area contributed by atoms with E-state index in [9.17, 15) is 4.79 Å². The summed E-state index contributed by atoms with van der Waals surface area (Å²) >= 11 is 6.14. The molecule has 0 aliphatic carbocycles. The van der Waals surface area contributed by atoms with Gasteiger partial charge < -0.3 is 15.0 Å². The highest BCUT2D eigenvalue weighted by Gasteiger charge is 2.26. The van der Waals surface area contributed by atoms with Gasteiger partial charge in [-0.15, -0.1) is 0 Å². The molecule has 0 aromatic heterocycles. The molecular weight excluding hydrogens is 288 g/mol. The molecular formula is C16H23ClN2O2. The lowest BCUT2D eigenvalue weighted by molar-refractivity contribution is -0.130. The molecule has 2 atom stereocenters. The van der Waals surface area contributed by atoms with Crippen molar-refractivity contribution in [2.75, 3.05) is 20.2 Å². The summed E-state index contributed by atoms with van der Waals surface area (Å²) in [6.07, 6.45) is 0.991. The minimum Gasteiger partial charge on any atom is -0.495 e. The lowest BCUT2D eigenvalue weighted by Gasteiger charge is -2.37. The highest BCUT2D eigenvalue weighted by Crippen LogP contribution is 2.25. The van der Waals surface area contributed by atoms with Gasteiger partial charge in [0, 0.05) is 32.6 Å². The quantitative estimate of drug-likeness (QED) is 0.929. The van der Waals surface area contributed by atoms with Crippen LogP contribution in [0.1, 0.15) is 25.8 Å². The minimum absolute atomic E-state index is 0.169. The van der Waals surface area contributed by atoms with Crippen LogP contribution in [0.2, 0.25) is 5.02 Å². The van der Waals surface area contributed by atoms with Crippen molar-refractivity contribution in [2.45, 2.75) is 32.9 Å². The zero-order valence-corrected chi connectivity index (χ0v) is 13.6. The van der Waals surface area contributed by atoms with E-state index in [0.29, 0.717) is 22.7 Å². The van der Waals surface area contributed by atoms with Gasteiger partial charge in [0.2, 0.25) is 5.91 Å². The Labute approximate surface area is 131 Å². The van der Waals surface area contributed by atoms with Crippen molar-refractivity contribution < 1.29 is 9.53 Å². The highest BCUT2D eigenvalue weighted by molar-refractivity contribution is 6.32. The van der Waals surface area contributed by atoms with Gasteiger partial charge in [0.15, 0.2) is 0 Å². The van der Waals surface area contributed by atoms with E-state index in [2.05, 4.69) is 12.2 Å². The lowest BCUT2D eigenvalue weighted by Crippen LogP contribution is -2.49. The normalized spacial score (nSPS) is 22.2. The Morgan fingerprint density at radius 2 is 2.29 bits per heavy atom. The molecule has 5 heteroatoms. The first kappa shape index (κ1) is 16.1. The molecule has 0 unspecified atom stereocenters. The molecule has 2 rings (SSSR count). The van der Waals surface area contributed by atoms with E-state index in [1.165, 1.54) is 0 Å². The van der Waals surface area contributed by atoms with E-state index >= 15 is 0 Å². The third-order valence-corrected chi connectivity index (χ3v) is 4.43. The molecule has 0 bridgehead atoms. The summed E-state index contributed by atoms with van der Waals surface area (Å²) in [4.78, 5) is 13.3. The molecule has 0 radical (unpaired) electrons. The van der Waals surface area contributed by atoms with Gasteiger partial charge in [0.05, 0.1) is 12.1 Å². The predicted octanol–water partition coefficient (Wildman–Crippen LogP) is 2.70. The number of carbonyl (C=O) groups excluding carboxylic acids is 1. The van der Waals surface area contributed by atoms with Gasteiger partial charge in [-0.1, -0.05) is 24.6 Å². The van der Waals surface area contributed by atoms with Crippen LogP contribution in [0.5, 0.6) is 5.75 Å². The van der Waals surface area contributed by atoms with Crippen molar-refractivity contribution in [1.29, 1.82) is 0 Å². The predicted molar refractivity (Wildman–Crippen MR) is 84.7 cm³/mol. The van der Waals surface area contributed by atoms with Crippen LogP contribution in [0.25, 0.3) is 0 Å². The first-order chi connectivity index (χ1) is 10.0. The van der Waals surface area contributed by atoms with Crippen LogP contribution in [0.3, 0.4) is 0 Å². The zero-order chi connectivity index (χ0) is 15.4. The zero-order valence-electron chi connectivity index (χ0n) is 12.9. The maximum absolute atomic E-state index is 11.4. The van der Waals surface area contributed by atoms with Gasteiger partial charge in [0.25, 0.3) is 0 Å². The summed E-state index contributed by atoms with van der Waals surface area (Å²) in [5.41, 5.74) is 1.14. The lowest BCUT2D eigenvalue weighted by atomic mass is 9.93. The first-order valence-corrected chi connectivity index (χ1v) is 7.70. The molecule has 1 heterocycles. The molecule has 1 aliphatic rings. The molecule has 1 aromatic rings. The third kappa shape index (κ3) is 4.11. The average Bonchev–Trinajstić information content (AvgIpc) is 2.46. The van der Waals surface area contributed by atoms with Crippen molar-refractivity contribution in [1.82, 2.24) is 10.2 Å². The summed E-state index contributed by atoms with van der Waals surface area (Å²) in [6.45, 7) is 6.27. The topological polar surface area (TPSA) is 41.6 Å². The summed E-state index contributed by atoms with van der Waals surface area (Å²) in [5, 5.41) is 4.21. The number of nitrogens with one attached hydrogen (secondary N) is 1. The van der Waals surface area contributed by atoms with Gasteiger partial charge in [-0.05, 0) is 30.0 Å². The largest absolute Gasteiger partial charge is 0.495 e. The molecule has 1 amide bonds. The second-order valence-corrected chi connectivity index (χ2v) is 6.09. The van der Waals surface area contributed by atoms with E-state index in [1.807, 2.05) is 23.1 Å². The molecule has 0 saturated carbocycles. The van der Waals surface area contributed by atoms with E-state index in [4.69, 9.17) is 16.3 Å². The number of benzene rings is 1. The van der Waals surface area contributed by atoms with Crippen LogP contribution in [0.4, 0.5) is 0 Å². The summed E-state index contributed by atoms with van der Waals surface area (Å²) in [5.74, 6) is 1.32. The number of likely N-dealkylation sites (tertiary alicyclic amines) is 1. The smallest absolute Gasteiger partial charge is 0.219 e. The Kier molecular flexibility index (Phi) is 5.48. The number of carbonyl (C=O) groups is 1. The molecule has 1 saturated heterocycles. The number of methoxy groups -OCH3 is 1. The number of amides is 1. The van der Waals surface area contributed by atoms with Crippen LogP contribution < -0.4 is 10.1 Å². The van der Waals surface area contributed by atoms with Crippen LogP contribution in [0.15, 0.2) is 18.2 Å². The number of nitrogens with zero attached hydrogens (tertiary/aromatic N) is 1. The van der Waals surface area contributed by atoms with Crippen LogP contribution in [-0.4, -0.2) is 37.0 Å². The summed E-state index contributed by atoms with van der Waals surface area (Å²) < 4.78 is 5.16. The van der Waals surface area contributed by atoms with Gasteiger partial charge in [-0.2, -0.15) is 0 Å². The molecule has 21 heavy (non-hydrogen) atoms. The molecule has 0 spiro atoms. The number of rotatable bonds is 4. The Morgan fingerprint density at radius 3 is 2.86 bits per heavy atom. The van der Waals surface area contributed by atoms with Gasteiger partial charge in [0.1, 0.15) is 5.75 Å².